The van der Waals surface area contributed by atoms with Crippen LogP contribution in [0.15, 0.2) is 11.0 Å². The Morgan fingerprint density at radius 3 is 2.67 bits per heavy atom. The third-order valence-electron chi connectivity index (χ3n) is 4.27. The SMILES string of the molecule is O=S(=O)(c1cc(Cl)sc1Cl)N1CCCCC1C1CCCN1. The molecule has 0 saturated carbocycles. The highest BCUT2D eigenvalue weighted by molar-refractivity contribution is 7.89. The van der Waals surface area contributed by atoms with E-state index in [4.69, 9.17) is 23.2 Å². The number of rotatable bonds is 3. The van der Waals surface area contributed by atoms with Gasteiger partial charge in [0.1, 0.15) is 9.23 Å². The van der Waals surface area contributed by atoms with Crippen molar-refractivity contribution >= 4 is 44.6 Å². The summed E-state index contributed by atoms with van der Waals surface area (Å²) in [5.74, 6) is 0. The van der Waals surface area contributed by atoms with Crippen molar-refractivity contribution in [3.63, 3.8) is 0 Å². The summed E-state index contributed by atoms with van der Waals surface area (Å²) in [5, 5.41) is 3.44. The standard InChI is InChI=1S/C13H18Cl2N2O2S2/c14-12-8-11(13(15)20-12)21(18,19)17-7-2-1-5-10(17)9-4-3-6-16-9/h8-10,16H,1-7H2. The summed E-state index contributed by atoms with van der Waals surface area (Å²) < 4.78 is 28.2. The maximum absolute atomic E-state index is 13.0. The van der Waals surface area contributed by atoms with Crippen molar-refractivity contribution in [3.05, 3.63) is 14.7 Å². The summed E-state index contributed by atoms with van der Waals surface area (Å²) in [4.78, 5) is 0.157. The first-order valence-electron chi connectivity index (χ1n) is 7.20. The summed E-state index contributed by atoms with van der Waals surface area (Å²) in [6.45, 7) is 1.54. The van der Waals surface area contributed by atoms with Crippen molar-refractivity contribution in [2.75, 3.05) is 13.1 Å². The largest absolute Gasteiger partial charge is 0.312 e. The molecule has 118 valence electrons. The fraction of sp³-hybridized carbons (Fsp3) is 0.692. The number of halogens is 2. The molecule has 0 radical (unpaired) electrons. The Kier molecular flexibility index (Phi) is 4.83. The minimum atomic E-state index is -3.57. The van der Waals surface area contributed by atoms with Gasteiger partial charge < -0.3 is 5.32 Å². The number of hydrogen-bond donors (Lipinski definition) is 1. The Hall–Kier alpha value is 0.150. The van der Waals surface area contributed by atoms with E-state index in [-0.39, 0.29) is 21.3 Å². The van der Waals surface area contributed by atoms with Gasteiger partial charge in [0.15, 0.2) is 0 Å². The van der Waals surface area contributed by atoms with Crippen molar-refractivity contribution in [1.29, 1.82) is 0 Å². The van der Waals surface area contributed by atoms with E-state index in [1.807, 2.05) is 0 Å². The van der Waals surface area contributed by atoms with Crippen LogP contribution >= 0.6 is 34.5 Å². The summed E-state index contributed by atoms with van der Waals surface area (Å²) >= 11 is 13.1. The number of nitrogens with one attached hydrogen (secondary N) is 1. The van der Waals surface area contributed by atoms with Crippen LogP contribution in [-0.2, 0) is 10.0 Å². The van der Waals surface area contributed by atoms with Gasteiger partial charge in [-0.2, -0.15) is 4.31 Å². The normalized spacial score (nSPS) is 28.1. The summed E-state index contributed by atoms with van der Waals surface area (Å²) in [5.41, 5.74) is 0. The van der Waals surface area contributed by atoms with Gasteiger partial charge in [0.25, 0.3) is 0 Å². The van der Waals surface area contributed by atoms with Gasteiger partial charge in [-0.15, -0.1) is 11.3 Å². The minimum absolute atomic E-state index is 0.0287. The molecule has 2 fully saturated rings. The van der Waals surface area contributed by atoms with Crippen LogP contribution in [0, 0.1) is 0 Å². The smallest absolute Gasteiger partial charge is 0.245 e. The lowest BCUT2D eigenvalue weighted by Gasteiger charge is -2.38. The fourth-order valence-electron chi connectivity index (χ4n) is 3.30. The first-order valence-corrected chi connectivity index (χ1v) is 10.2. The lowest BCUT2D eigenvalue weighted by Crippen LogP contribution is -2.52. The highest BCUT2D eigenvalue weighted by atomic mass is 35.5. The molecule has 0 aromatic carbocycles. The Labute approximate surface area is 139 Å². The van der Waals surface area contributed by atoms with E-state index in [1.165, 1.54) is 6.07 Å². The molecule has 2 unspecified atom stereocenters. The number of piperidine rings is 1. The second-order valence-electron chi connectivity index (χ2n) is 5.57. The molecule has 3 rings (SSSR count). The first kappa shape index (κ1) is 16.0. The van der Waals surface area contributed by atoms with Crippen LogP contribution in [0.4, 0.5) is 0 Å². The third kappa shape index (κ3) is 3.12. The van der Waals surface area contributed by atoms with Crippen LogP contribution in [-0.4, -0.2) is 37.9 Å². The molecule has 0 spiro atoms. The molecular formula is C13H18Cl2N2O2S2. The molecule has 0 aliphatic carbocycles. The predicted molar refractivity (Wildman–Crippen MR) is 86.9 cm³/mol. The minimum Gasteiger partial charge on any atom is -0.312 e. The molecule has 21 heavy (non-hydrogen) atoms. The van der Waals surface area contributed by atoms with E-state index in [1.54, 1.807) is 4.31 Å². The average molecular weight is 369 g/mol. The molecule has 2 aliphatic rings. The lowest BCUT2D eigenvalue weighted by molar-refractivity contribution is 0.211. The van der Waals surface area contributed by atoms with Crippen LogP contribution in [0.2, 0.25) is 8.67 Å². The summed E-state index contributed by atoms with van der Waals surface area (Å²) in [6.07, 6.45) is 5.03. The number of nitrogens with zero attached hydrogens (tertiary/aromatic N) is 1. The average Bonchev–Trinajstić information content (AvgIpc) is 3.08. The van der Waals surface area contributed by atoms with E-state index in [0.29, 0.717) is 10.9 Å². The highest BCUT2D eigenvalue weighted by Crippen LogP contribution is 2.38. The second-order valence-corrected chi connectivity index (χ2v) is 9.71. The van der Waals surface area contributed by atoms with Gasteiger partial charge in [-0.3, -0.25) is 0 Å². The van der Waals surface area contributed by atoms with E-state index < -0.39 is 10.0 Å². The molecule has 2 aliphatic heterocycles. The molecular weight excluding hydrogens is 351 g/mol. The van der Waals surface area contributed by atoms with Crippen LogP contribution < -0.4 is 5.32 Å². The van der Waals surface area contributed by atoms with E-state index in [2.05, 4.69) is 5.32 Å². The molecule has 2 saturated heterocycles. The predicted octanol–water partition coefficient (Wildman–Crippen LogP) is 3.35. The van der Waals surface area contributed by atoms with Gasteiger partial charge in [-0.25, -0.2) is 8.42 Å². The molecule has 1 aromatic rings. The van der Waals surface area contributed by atoms with Crippen molar-refractivity contribution in [2.24, 2.45) is 0 Å². The zero-order valence-corrected chi connectivity index (χ0v) is 14.7. The van der Waals surface area contributed by atoms with Gasteiger partial charge in [-0.1, -0.05) is 29.6 Å². The van der Waals surface area contributed by atoms with Gasteiger partial charge in [0, 0.05) is 18.6 Å². The monoisotopic (exact) mass is 368 g/mol. The topological polar surface area (TPSA) is 49.4 Å². The maximum atomic E-state index is 13.0. The fourth-order valence-corrected chi connectivity index (χ4v) is 7.14. The second kappa shape index (κ2) is 6.34. The number of thiophene rings is 1. The zero-order chi connectivity index (χ0) is 15.0. The third-order valence-corrected chi connectivity index (χ3v) is 7.95. The van der Waals surface area contributed by atoms with Gasteiger partial charge in [0.05, 0.1) is 4.34 Å². The summed E-state index contributed by atoms with van der Waals surface area (Å²) in [6, 6.07) is 1.76. The van der Waals surface area contributed by atoms with Crippen LogP contribution in [0.5, 0.6) is 0 Å². The Morgan fingerprint density at radius 1 is 1.24 bits per heavy atom. The van der Waals surface area contributed by atoms with Crippen molar-refractivity contribution in [3.8, 4) is 0 Å². The van der Waals surface area contributed by atoms with Crippen LogP contribution in [0.1, 0.15) is 32.1 Å². The maximum Gasteiger partial charge on any atom is 0.245 e. The molecule has 3 heterocycles. The number of sulfonamides is 1. The first-order chi connectivity index (χ1) is 10.00. The van der Waals surface area contributed by atoms with Gasteiger partial charge in [0.2, 0.25) is 10.0 Å². The van der Waals surface area contributed by atoms with Gasteiger partial charge in [-0.05, 0) is 38.3 Å². The molecule has 0 bridgehead atoms. The Morgan fingerprint density at radius 2 is 2.05 bits per heavy atom. The van der Waals surface area contributed by atoms with Crippen LogP contribution in [0.25, 0.3) is 0 Å². The van der Waals surface area contributed by atoms with Crippen molar-refractivity contribution < 1.29 is 8.42 Å². The summed E-state index contributed by atoms with van der Waals surface area (Å²) in [7, 11) is -3.57. The zero-order valence-electron chi connectivity index (χ0n) is 11.5. The highest BCUT2D eigenvalue weighted by Gasteiger charge is 2.39. The molecule has 0 amide bonds. The van der Waals surface area contributed by atoms with Crippen molar-refractivity contribution in [1.82, 2.24) is 9.62 Å². The lowest BCUT2D eigenvalue weighted by atomic mass is 9.97. The Balaban J connectivity index is 1.93. The molecule has 1 N–H and O–H groups in total. The van der Waals surface area contributed by atoms with Gasteiger partial charge >= 0.3 is 0 Å². The van der Waals surface area contributed by atoms with Crippen LogP contribution in [0.3, 0.4) is 0 Å². The van der Waals surface area contributed by atoms with E-state index in [9.17, 15) is 8.42 Å². The number of hydrogen-bond acceptors (Lipinski definition) is 4. The molecule has 8 heteroatoms. The van der Waals surface area contributed by atoms with Crippen molar-refractivity contribution in [2.45, 2.75) is 49.1 Å². The van der Waals surface area contributed by atoms with E-state index in [0.717, 1.165) is 50.0 Å². The quantitative estimate of drug-likeness (QED) is 0.889. The molecule has 4 nitrogen and oxygen atoms in total. The Bertz CT molecular complexity index is 612. The van der Waals surface area contributed by atoms with E-state index >= 15 is 0 Å². The molecule has 1 aromatic heterocycles. The molecule has 2 atom stereocenters.